The summed E-state index contributed by atoms with van der Waals surface area (Å²) in [5, 5.41) is 0. The van der Waals surface area contributed by atoms with Gasteiger partial charge in [0.05, 0.1) is 11.8 Å². The van der Waals surface area contributed by atoms with Crippen molar-refractivity contribution in [3.8, 4) is 0 Å². The zero-order chi connectivity index (χ0) is 28.5. The highest BCUT2D eigenvalue weighted by atomic mass is 16.5. The average molecular weight is 542 g/mol. The molecule has 0 heterocycles. The van der Waals surface area contributed by atoms with Crippen LogP contribution < -0.4 is 0 Å². The number of ether oxygens (including phenoxy) is 2. The van der Waals surface area contributed by atoms with Crippen LogP contribution in [0.3, 0.4) is 0 Å². The van der Waals surface area contributed by atoms with E-state index >= 15 is 0 Å². The summed E-state index contributed by atoms with van der Waals surface area (Å²) in [5.74, 6) is -0.164. The molecule has 2 atom stereocenters. The SMILES string of the molecule is CCCCN(CCOC(=O)C1CC=C(CCC=C(C)C)CC1)CCOC(=O)C1CC=C(CCC=C(C)C)CC1. The molecule has 2 aliphatic carbocycles. The van der Waals surface area contributed by atoms with E-state index in [2.05, 4.69) is 63.8 Å². The summed E-state index contributed by atoms with van der Waals surface area (Å²) in [6.07, 6.45) is 21.0. The fourth-order valence-electron chi connectivity index (χ4n) is 5.26. The normalized spacial score (nSPS) is 19.1. The Bertz CT molecular complexity index is 806. The molecular weight excluding hydrogens is 486 g/mol. The molecule has 0 amide bonds. The highest BCUT2D eigenvalue weighted by molar-refractivity contribution is 5.73. The quantitative estimate of drug-likeness (QED) is 0.137. The molecule has 0 bridgehead atoms. The molecule has 39 heavy (non-hydrogen) atoms. The van der Waals surface area contributed by atoms with Crippen LogP contribution in [0, 0.1) is 11.8 Å². The van der Waals surface area contributed by atoms with Gasteiger partial charge in [-0.1, -0.05) is 59.9 Å². The van der Waals surface area contributed by atoms with Gasteiger partial charge in [-0.25, -0.2) is 0 Å². The second kappa shape index (κ2) is 19.0. The summed E-state index contributed by atoms with van der Waals surface area (Å²) in [5.41, 5.74) is 5.67. The van der Waals surface area contributed by atoms with E-state index in [1.54, 1.807) is 0 Å². The van der Waals surface area contributed by atoms with Crippen molar-refractivity contribution < 1.29 is 19.1 Å². The largest absolute Gasteiger partial charge is 0.464 e. The first-order chi connectivity index (χ1) is 18.8. The molecule has 220 valence electrons. The van der Waals surface area contributed by atoms with Crippen LogP contribution in [-0.4, -0.2) is 49.7 Å². The van der Waals surface area contributed by atoms with Gasteiger partial charge in [-0.05, 0) is 105 Å². The Kier molecular flexibility index (Phi) is 16.1. The lowest BCUT2D eigenvalue weighted by atomic mass is 9.88. The Balaban J connectivity index is 1.67. The number of allylic oxidation sites excluding steroid dienone is 8. The molecular formula is C34H55NO4. The van der Waals surface area contributed by atoms with Gasteiger partial charge in [0.15, 0.2) is 0 Å². The number of hydrogen-bond donors (Lipinski definition) is 0. The van der Waals surface area contributed by atoms with E-state index in [4.69, 9.17) is 9.47 Å². The van der Waals surface area contributed by atoms with Gasteiger partial charge in [0.1, 0.15) is 13.2 Å². The average Bonchev–Trinajstić information content (AvgIpc) is 2.91. The molecule has 0 saturated carbocycles. The summed E-state index contributed by atoms with van der Waals surface area (Å²) < 4.78 is 11.4. The standard InChI is InChI=1S/C34H55NO4/c1-6-7-22-35(23-25-38-33(36)31-18-14-29(15-19-31)12-8-10-27(2)3)24-26-39-34(37)32-20-16-30(17-21-32)13-9-11-28(4)5/h10-11,14,16,31-32H,6-9,12-13,15,17-26H2,1-5H3. The second-order valence-electron chi connectivity index (χ2n) is 11.8. The number of hydrogen-bond acceptors (Lipinski definition) is 5. The van der Waals surface area contributed by atoms with E-state index in [0.29, 0.717) is 26.3 Å². The van der Waals surface area contributed by atoms with Crippen LogP contribution >= 0.6 is 0 Å². The molecule has 2 rings (SSSR count). The highest BCUT2D eigenvalue weighted by Crippen LogP contribution is 2.28. The van der Waals surface area contributed by atoms with E-state index in [9.17, 15) is 9.59 Å². The maximum absolute atomic E-state index is 12.6. The summed E-state index contributed by atoms with van der Waals surface area (Å²) in [4.78, 5) is 27.5. The zero-order valence-corrected chi connectivity index (χ0v) is 25.6. The Hall–Kier alpha value is -2.14. The van der Waals surface area contributed by atoms with Crippen molar-refractivity contribution in [3.63, 3.8) is 0 Å². The van der Waals surface area contributed by atoms with Crippen molar-refractivity contribution in [2.24, 2.45) is 11.8 Å². The van der Waals surface area contributed by atoms with Crippen molar-refractivity contribution in [2.45, 2.75) is 112 Å². The monoisotopic (exact) mass is 541 g/mol. The lowest BCUT2D eigenvalue weighted by Crippen LogP contribution is -2.34. The molecule has 0 aromatic rings. The third kappa shape index (κ3) is 14.2. The fraction of sp³-hybridized carbons (Fsp3) is 0.706. The Morgan fingerprint density at radius 3 is 1.62 bits per heavy atom. The van der Waals surface area contributed by atoms with Crippen molar-refractivity contribution in [2.75, 3.05) is 32.8 Å². The third-order valence-corrected chi connectivity index (χ3v) is 7.84. The molecule has 0 saturated heterocycles. The fourth-order valence-corrected chi connectivity index (χ4v) is 5.26. The van der Waals surface area contributed by atoms with Crippen molar-refractivity contribution in [3.05, 3.63) is 46.6 Å². The highest BCUT2D eigenvalue weighted by Gasteiger charge is 2.24. The van der Waals surface area contributed by atoms with Gasteiger partial charge in [0.25, 0.3) is 0 Å². The molecule has 0 aliphatic heterocycles. The zero-order valence-electron chi connectivity index (χ0n) is 25.6. The first-order valence-electron chi connectivity index (χ1n) is 15.5. The van der Waals surface area contributed by atoms with Gasteiger partial charge in [-0.15, -0.1) is 0 Å². The van der Waals surface area contributed by atoms with Gasteiger partial charge in [0.2, 0.25) is 0 Å². The summed E-state index contributed by atoms with van der Waals surface area (Å²) in [7, 11) is 0. The molecule has 2 aliphatic rings. The van der Waals surface area contributed by atoms with Crippen LogP contribution in [0.5, 0.6) is 0 Å². The van der Waals surface area contributed by atoms with Gasteiger partial charge in [-0.2, -0.15) is 0 Å². The van der Waals surface area contributed by atoms with Crippen LogP contribution in [0.15, 0.2) is 46.6 Å². The predicted molar refractivity (Wildman–Crippen MR) is 161 cm³/mol. The van der Waals surface area contributed by atoms with Crippen LogP contribution in [0.4, 0.5) is 0 Å². The molecule has 2 unspecified atom stereocenters. The molecule has 0 aromatic carbocycles. The van der Waals surface area contributed by atoms with Gasteiger partial charge < -0.3 is 9.47 Å². The van der Waals surface area contributed by atoms with E-state index < -0.39 is 0 Å². The van der Waals surface area contributed by atoms with Gasteiger partial charge in [0, 0.05) is 13.1 Å². The number of carbonyl (C=O) groups is 2. The van der Waals surface area contributed by atoms with E-state index in [1.165, 1.54) is 22.3 Å². The molecule has 0 aromatic heterocycles. The summed E-state index contributed by atoms with van der Waals surface area (Å²) in [6, 6.07) is 0. The minimum atomic E-state index is -0.0676. The number of rotatable bonds is 17. The predicted octanol–water partition coefficient (Wildman–Crippen LogP) is 8.12. The molecule has 5 heteroatoms. The molecule has 0 spiro atoms. The Morgan fingerprint density at radius 1 is 0.795 bits per heavy atom. The lowest BCUT2D eigenvalue weighted by Gasteiger charge is -2.24. The van der Waals surface area contributed by atoms with E-state index in [1.807, 2.05) is 0 Å². The Labute approximate surface area is 238 Å². The summed E-state index contributed by atoms with van der Waals surface area (Å²) >= 11 is 0. The van der Waals surface area contributed by atoms with E-state index in [0.717, 1.165) is 83.6 Å². The second-order valence-corrected chi connectivity index (χ2v) is 11.8. The smallest absolute Gasteiger partial charge is 0.309 e. The first kappa shape index (κ1) is 33.1. The topological polar surface area (TPSA) is 55.8 Å². The third-order valence-electron chi connectivity index (χ3n) is 7.84. The van der Waals surface area contributed by atoms with Crippen molar-refractivity contribution >= 4 is 11.9 Å². The van der Waals surface area contributed by atoms with Gasteiger partial charge >= 0.3 is 11.9 Å². The van der Waals surface area contributed by atoms with Crippen molar-refractivity contribution in [1.82, 2.24) is 4.90 Å². The van der Waals surface area contributed by atoms with Crippen LogP contribution in [0.25, 0.3) is 0 Å². The van der Waals surface area contributed by atoms with Crippen LogP contribution in [0.2, 0.25) is 0 Å². The number of unbranched alkanes of at least 4 members (excludes halogenated alkanes) is 1. The minimum absolute atomic E-state index is 0.0143. The van der Waals surface area contributed by atoms with Crippen LogP contribution in [-0.2, 0) is 19.1 Å². The molecule has 0 fully saturated rings. The summed E-state index contributed by atoms with van der Waals surface area (Å²) in [6.45, 7) is 13.8. The maximum Gasteiger partial charge on any atom is 0.309 e. The number of carbonyl (C=O) groups excluding carboxylic acids is 2. The molecule has 5 nitrogen and oxygen atoms in total. The van der Waals surface area contributed by atoms with Crippen molar-refractivity contribution in [1.29, 1.82) is 0 Å². The molecule has 0 radical (unpaired) electrons. The Morgan fingerprint density at radius 2 is 1.26 bits per heavy atom. The minimum Gasteiger partial charge on any atom is -0.464 e. The molecule has 0 N–H and O–H groups in total. The van der Waals surface area contributed by atoms with Crippen LogP contribution in [0.1, 0.15) is 112 Å². The maximum atomic E-state index is 12.6. The first-order valence-corrected chi connectivity index (χ1v) is 15.5. The number of esters is 2. The van der Waals surface area contributed by atoms with E-state index in [-0.39, 0.29) is 23.8 Å². The number of nitrogens with zero attached hydrogens (tertiary/aromatic N) is 1. The lowest BCUT2D eigenvalue weighted by molar-refractivity contribution is -0.149. The van der Waals surface area contributed by atoms with Gasteiger partial charge in [-0.3, -0.25) is 14.5 Å².